The third-order valence-corrected chi connectivity index (χ3v) is 7.04. The summed E-state index contributed by atoms with van der Waals surface area (Å²) in [6, 6.07) is 8.09. The molecule has 1 spiro atoms. The van der Waals surface area contributed by atoms with Crippen molar-refractivity contribution in [3.05, 3.63) is 41.5 Å². The summed E-state index contributed by atoms with van der Waals surface area (Å²) in [5, 5.41) is 3.58. The van der Waals surface area contributed by atoms with Gasteiger partial charge in [0.2, 0.25) is 0 Å². The van der Waals surface area contributed by atoms with E-state index in [1.54, 1.807) is 0 Å². The van der Waals surface area contributed by atoms with Gasteiger partial charge in [-0.1, -0.05) is 29.8 Å². The molecule has 1 saturated carbocycles. The molecule has 4 bridgehead atoms. The molecule has 0 aromatic heterocycles. The predicted molar refractivity (Wildman–Crippen MR) is 93.0 cm³/mol. The molecule has 4 heterocycles. The molecular formula is C20H22N2O3. The van der Waals surface area contributed by atoms with Crippen molar-refractivity contribution >= 4 is 17.4 Å². The van der Waals surface area contributed by atoms with E-state index in [-0.39, 0.29) is 23.6 Å². The number of ether oxygens (including phenoxy) is 1. The van der Waals surface area contributed by atoms with Gasteiger partial charge in [-0.2, -0.15) is 0 Å². The SMILES string of the molecule is C/C=C1/CN2CC[C@@]34c5ccccc5N[C@@]23C(=O)C[C@@H]1C4C(=O)OC. The van der Waals surface area contributed by atoms with Crippen LogP contribution in [0, 0.1) is 11.8 Å². The third kappa shape index (κ3) is 1.46. The molecule has 5 heteroatoms. The van der Waals surface area contributed by atoms with Crippen LogP contribution in [0.4, 0.5) is 5.69 Å². The fraction of sp³-hybridized carbons (Fsp3) is 0.500. The van der Waals surface area contributed by atoms with Gasteiger partial charge in [0.25, 0.3) is 0 Å². The van der Waals surface area contributed by atoms with Crippen molar-refractivity contribution in [1.29, 1.82) is 0 Å². The van der Waals surface area contributed by atoms with Crippen molar-refractivity contribution in [2.45, 2.75) is 30.8 Å². The van der Waals surface area contributed by atoms with E-state index in [1.165, 1.54) is 12.7 Å². The van der Waals surface area contributed by atoms with Gasteiger partial charge in [-0.25, -0.2) is 0 Å². The number of methoxy groups -OCH3 is 1. The molecule has 0 amide bonds. The number of carbonyl (C=O) groups excluding carboxylic acids is 2. The average molecular weight is 338 g/mol. The summed E-state index contributed by atoms with van der Waals surface area (Å²) in [7, 11) is 1.46. The maximum Gasteiger partial charge on any atom is 0.310 e. The first kappa shape index (κ1) is 15.1. The van der Waals surface area contributed by atoms with E-state index < -0.39 is 11.1 Å². The molecule has 2 unspecified atom stereocenters. The Morgan fingerprint density at radius 1 is 1.40 bits per heavy atom. The molecule has 5 aliphatic rings. The van der Waals surface area contributed by atoms with E-state index in [9.17, 15) is 9.59 Å². The number of nitrogens with one attached hydrogen (secondary N) is 1. The molecule has 6 rings (SSSR count). The van der Waals surface area contributed by atoms with Crippen LogP contribution in [0.15, 0.2) is 35.9 Å². The van der Waals surface area contributed by atoms with Gasteiger partial charge in [-0.15, -0.1) is 0 Å². The lowest BCUT2D eigenvalue weighted by Gasteiger charge is -2.49. The minimum Gasteiger partial charge on any atom is -0.469 e. The molecule has 1 aromatic carbocycles. The van der Waals surface area contributed by atoms with Crippen molar-refractivity contribution in [3.63, 3.8) is 0 Å². The zero-order valence-electron chi connectivity index (χ0n) is 14.5. The van der Waals surface area contributed by atoms with E-state index in [0.717, 1.165) is 30.8 Å². The van der Waals surface area contributed by atoms with E-state index in [4.69, 9.17) is 4.74 Å². The molecule has 130 valence electrons. The van der Waals surface area contributed by atoms with Crippen LogP contribution in [0.1, 0.15) is 25.3 Å². The van der Waals surface area contributed by atoms with Crippen LogP contribution in [0.2, 0.25) is 0 Å². The summed E-state index contributed by atoms with van der Waals surface area (Å²) < 4.78 is 5.27. The monoisotopic (exact) mass is 338 g/mol. The minimum atomic E-state index is -0.809. The summed E-state index contributed by atoms with van der Waals surface area (Å²) in [6.45, 7) is 3.56. The van der Waals surface area contributed by atoms with Crippen LogP contribution < -0.4 is 5.32 Å². The van der Waals surface area contributed by atoms with Gasteiger partial charge < -0.3 is 10.1 Å². The highest BCUT2D eigenvalue weighted by atomic mass is 16.5. The number of rotatable bonds is 1. The summed E-state index contributed by atoms with van der Waals surface area (Å²) in [5.74, 6) is -0.381. The number of hydrogen-bond acceptors (Lipinski definition) is 5. The molecule has 1 N–H and O–H groups in total. The molecule has 5 nitrogen and oxygen atoms in total. The molecule has 4 fully saturated rings. The van der Waals surface area contributed by atoms with Gasteiger partial charge in [0.05, 0.1) is 18.4 Å². The van der Waals surface area contributed by atoms with E-state index in [2.05, 4.69) is 22.4 Å². The molecule has 5 atom stereocenters. The molecule has 0 radical (unpaired) electrons. The Bertz CT molecular complexity index is 832. The Labute approximate surface area is 147 Å². The van der Waals surface area contributed by atoms with Gasteiger partial charge in [0.1, 0.15) is 0 Å². The van der Waals surface area contributed by atoms with Crippen molar-refractivity contribution in [2.24, 2.45) is 11.8 Å². The van der Waals surface area contributed by atoms with Gasteiger partial charge in [0.15, 0.2) is 11.4 Å². The summed E-state index contributed by atoms with van der Waals surface area (Å²) >= 11 is 0. The highest BCUT2D eigenvalue weighted by Crippen LogP contribution is 2.66. The summed E-state index contributed by atoms with van der Waals surface area (Å²) in [4.78, 5) is 28.7. The van der Waals surface area contributed by atoms with E-state index >= 15 is 0 Å². The Balaban J connectivity index is 1.86. The smallest absolute Gasteiger partial charge is 0.310 e. The number of ketones is 1. The van der Waals surface area contributed by atoms with Crippen LogP contribution in [0.5, 0.6) is 0 Å². The quantitative estimate of drug-likeness (QED) is 0.628. The van der Waals surface area contributed by atoms with Crippen molar-refractivity contribution in [2.75, 3.05) is 25.5 Å². The van der Waals surface area contributed by atoms with Crippen LogP contribution in [0.3, 0.4) is 0 Å². The third-order valence-electron chi connectivity index (χ3n) is 7.04. The van der Waals surface area contributed by atoms with Crippen LogP contribution in [-0.2, 0) is 19.7 Å². The topological polar surface area (TPSA) is 58.6 Å². The second kappa shape index (κ2) is 4.73. The number of hydrogen-bond donors (Lipinski definition) is 1. The number of nitrogens with zero attached hydrogens (tertiary/aromatic N) is 1. The van der Waals surface area contributed by atoms with Gasteiger partial charge in [-0.3, -0.25) is 14.5 Å². The first-order chi connectivity index (χ1) is 12.1. The maximum atomic E-state index is 13.4. The van der Waals surface area contributed by atoms with E-state index in [0.29, 0.717) is 6.42 Å². The summed E-state index contributed by atoms with van der Waals surface area (Å²) in [6.07, 6.45) is 3.29. The standard InChI is InChI=1S/C20H22N2O3/c1-3-12-11-22-9-8-19-14-6-4-5-7-15(14)21-20(19,22)16(23)10-13(12)17(19)18(24)25-2/h3-7,13,17,21H,8-11H2,1-2H3/b12-3-/t13-,17?,19-,20-/m0/s1. The lowest BCUT2D eigenvalue weighted by Crippen LogP contribution is -2.68. The second-order valence-corrected chi connectivity index (χ2v) is 7.62. The molecule has 1 aromatic rings. The first-order valence-electron chi connectivity index (χ1n) is 8.99. The van der Waals surface area contributed by atoms with Crippen LogP contribution in [0.25, 0.3) is 0 Å². The number of benzene rings is 1. The number of fused-ring (bicyclic) bond motifs is 3. The number of carbonyl (C=O) groups is 2. The Hall–Kier alpha value is -2.14. The van der Waals surface area contributed by atoms with Gasteiger partial charge in [0, 0.05) is 31.1 Å². The number of allylic oxidation sites excluding steroid dienone is 1. The Kier molecular flexibility index (Phi) is 2.86. The first-order valence-corrected chi connectivity index (χ1v) is 8.99. The normalized spacial score (nSPS) is 41.9. The number of anilines is 1. The van der Waals surface area contributed by atoms with Gasteiger partial charge >= 0.3 is 5.97 Å². The maximum absolute atomic E-state index is 13.4. The number of para-hydroxylation sites is 1. The zero-order valence-corrected chi connectivity index (χ0v) is 14.5. The highest BCUT2D eigenvalue weighted by Gasteiger charge is 2.77. The highest BCUT2D eigenvalue weighted by molar-refractivity contribution is 6.01. The molecule has 25 heavy (non-hydrogen) atoms. The number of Topliss-reactive ketones (excluding diaryl/α,β-unsaturated/α-hetero) is 1. The predicted octanol–water partition coefficient (Wildman–Crippen LogP) is 2.09. The lowest BCUT2D eigenvalue weighted by molar-refractivity contribution is -0.156. The molecular weight excluding hydrogens is 316 g/mol. The minimum absolute atomic E-state index is 0.0728. The summed E-state index contributed by atoms with van der Waals surface area (Å²) in [5.41, 5.74) is 1.92. The number of esters is 1. The van der Waals surface area contributed by atoms with Crippen molar-refractivity contribution < 1.29 is 14.3 Å². The fourth-order valence-corrected chi connectivity index (χ4v) is 6.17. The average Bonchev–Trinajstić information content (AvgIpc) is 3.03. The Morgan fingerprint density at radius 3 is 2.96 bits per heavy atom. The molecule has 3 saturated heterocycles. The fourth-order valence-electron chi connectivity index (χ4n) is 6.17. The lowest BCUT2D eigenvalue weighted by atomic mass is 9.54. The second-order valence-electron chi connectivity index (χ2n) is 7.62. The molecule has 1 aliphatic carbocycles. The molecule has 4 aliphatic heterocycles. The van der Waals surface area contributed by atoms with E-state index in [1.807, 2.05) is 25.1 Å². The largest absolute Gasteiger partial charge is 0.469 e. The van der Waals surface area contributed by atoms with Crippen molar-refractivity contribution in [3.8, 4) is 0 Å². The van der Waals surface area contributed by atoms with Crippen molar-refractivity contribution in [1.82, 2.24) is 4.90 Å². The van der Waals surface area contributed by atoms with Gasteiger partial charge in [-0.05, 0) is 25.0 Å². The Morgan fingerprint density at radius 2 is 2.20 bits per heavy atom. The van der Waals surface area contributed by atoms with Crippen LogP contribution >= 0.6 is 0 Å². The van der Waals surface area contributed by atoms with Crippen LogP contribution in [-0.4, -0.2) is 42.5 Å². The zero-order chi connectivity index (χ0) is 17.4.